The highest BCUT2D eigenvalue weighted by atomic mass is 16.2. The molecule has 0 aromatic carbocycles. The molecule has 25 heavy (non-hydrogen) atoms. The third kappa shape index (κ3) is 4.48. The van der Waals surface area contributed by atoms with Gasteiger partial charge in [0.25, 0.3) is 11.5 Å². The number of nitrogens with two attached hydrogens (primary N) is 1. The van der Waals surface area contributed by atoms with Gasteiger partial charge < -0.3 is 20.9 Å². The highest BCUT2D eigenvalue weighted by molar-refractivity contribution is 5.95. The van der Waals surface area contributed by atoms with Gasteiger partial charge in [-0.1, -0.05) is 0 Å². The van der Waals surface area contributed by atoms with Crippen LogP contribution in [-0.4, -0.2) is 46.9 Å². The largest absolute Gasteiger partial charge is 0.349 e. The van der Waals surface area contributed by atoms with E-state index in [1.807, 2.05) is 6.92 Å². The molecule has 1 aromatic rings. The Morgan fingerprint density at radius 2 is 1.88 bits per heavy atom. The van der Waals surface area contributed by atoms with E-state index in [1.165, 1.54) is 0 Å². The minimum atomic E-state index is -0.482. The van der Waals surface area contributed by atoms with Crippen LogP contribution in [0.4, 0.5) is 0 Å². The van der Waals surface area contributed by atoms with E-state index in [2.05, 4.69) is 10.3 Å². The van der Waals surface area contributed by atoms with Gasteiger partial charge in [-0.2, -0.15) is 0 Å². The van der Waals surface area contributed by atoms with Crippen molar-refractivity contribution in [1.29, 1.82) is 0 Å². The first-order chi connectivity index (χ1) is 11.7. The van der Waals surface area contributed by atoms with E-state index in [-0.39, 0.29) is 34.9 Å². The molecule has 0 saturated carbocycles. The molecule has 1 saturated heterocycles. The Bertz CT molecular complexity index is 703. The molecule has 0 spiro atoms. The Labute approximate surface area is 148 Å². The van der Waals surface area contributed by atoms with Crippen molar-refractivity contribution in [3.63, 3.8) is 0 Å². The first-order valence-corrected chi connectivity index (χ1v) is 8.76. The van der Waals surface area contributed by atoms with Gasteiger partial charge in [-0.15, -0.1) is 0 Å². The number of nitrogens with one attached hydrogen (secondary N) is 2. The van der Waals surface area contributed by atoms with Crippen LogP contribution >= 0.6 is 0 Å². The highest BCUT2D eigenvalue weighted by Crippen LogP contribution is 2.21. The van der Waals surface area contributed by atoms with E-state index in [0.29, 0.717) is 18.7 Å². The van der Waals surface area contributed by atoms with Crippen molar-refractivity contribution in [2.24, 2.45) is 11.7 Å². The molecule has 138 valence electrons. The quantitative estimate of drug-likeness (QED) is 0.744. The number of hydrogen-bond donors (Lipinski definition) is 3. The van der Waals surface area contributed by atoms with Crippen LogP contribution in [0.1, 0.15) is 48.3 Å². The molecule has 1 aliphatic rings. The predicted octanol–water partition coefficient (Wildman–Crippen LogP) is 0.696. The number of carbonyl (C=O) groups excluding carboxylic acids is 2. The van der Waals surface area contributed by atoms with Crippen molar-refractivity contribution < 1.29 is 9.59 Å². The zero-order valence-corrected chi connectivity index (χ0v) is 15.4. The monoisotopic (exact) mass is 348 g/mol. The summed E-state index contributed by atoms with van der Waals surface area (Å²) in [6.45, 7) is 8.49. The number of aromatic amines is 1. The molecule has 1 aliphatic heterocycles. The predicted molar refractivity (Wildman–Crippen MR) is 96.4 cm³/mol. The van der Waals surface area contributed by atoms with E-state index in [9.17, 15) is 14.4 Å². The summed E-state index contributed by atoms with van der Waals surface area (Å²) in [6, 6.07) is 1.24. The Balaban J connectivity index is 1.97. The minimum Gasteiger partial charge on any atom is -0.349 e. The van der Waals surface area contributed by atoms with Crippen LogP contribution in [0.3, 0.4) is 0 Å². The van der Waals surface area contributed by atoms with E-state index >= 15 is 0 Å². The van der Waals surface area contributed by atoms with Crippen molar-refractivity contribution in [3.8, 4) is 0 Å². The van der Waals surface area contributed by atoms with Crippen LogP contribution < -0.4 is 16.6 Å². The van der Waals surface area contributed by atoms with Crippen molar-refractivity contribution in [2.45, 2.75) is 52.6 Å². The van der Waals surface area contributed by atoms with Gasteiger partial charge in [-0.3, -0.25) is 14.4 Å². The molecule has 0 radical (unpaired) electrons. The second kappa shape index (κ2) is 7.82. The van der Waals surface area contributed by atoms with Crippen LogP contribution in [0.5, 0.6) is 0 Å². The minimum absolute atomic E-state index is 0.0306. The van der Waals surface area contributed by atoms with Gasteiger partial charge in [-0.05, 0) is 58.1 Å². The van der Waals surface area contributed by atoms with Crippen LogP contribution in [-0.2, 0) is 4.79 Å². The van der Waals surface area contributed by atoms with Crippen LogP contribution in [0.2, 0.25) is 0 Å². The van der Waals surface area contributed by atoms with E-state index in [4.69, 9.17) is 5.73 Å². The molecule has 2 unspecified atom stereocenters. The van der Waals surface area contributed by atoms with Crippen molar-refractivity contribution in [1.82, 2.24) is 15.2 Å². The van der Waals surface area contributed by atoms with Crippen molar-refractivity contribution >= 4 is 11.8 Å². The van der Waals surface area contributed by atoms with Crippen LogP contribution in [0.25, 0.3) is 0 Å². The second-order valence-electron chi connectivity index (χ2n) is 7.05. The molecule has 2 rings (SSSR count). The summed E-state index contributed by atoms with van der Waals surface area (Å²) in [5.74, 6) is -0.108. The first-order valence-electron chi connectivity index (χ1n) is 8.76. The number of hydrogen-bond acceptors (Lipinski definition) is 4. The normalized spacial score (nSPS) is 17.9. The van der Waals surface area contributed by atoms with Gasteiger partial charge in [0, 0.05) is 24.8 Å². The highest BCUT2D eigenvalue weighted by Gasteiger charge is 2.28. The summed E-state index contributed by atoms with van der Waals surface area (Å²) in [5, 5.41) is 2.95. The topological polar surface area (TPSA) is 108 Å². The molecule has 2 amide bonds. The summed E-state index contributed by atoms with van der Waals surface area (Å²) >= 11 is 0. The zero-order valence-electron chi connectivity index (χ0n) is 15.4. The Hall–Kier alpha value is -2.15. The van der Waals surface area contributed by atoms with Crippen molar-refractivity contribution in [2.75, 3.05) is 13.1 Å². The lowest BCUT2D eigenvalue weighted by molar-refractivity contribution is -0.133. The van der Waals surface area contributed by atoms with Gasteiger partial charge in [0.2, 0.25) is 5.91 Å². The van der Waals surface area contributed by atoms with Crippen molar-refractivity contribution in [3.05, 3.63) is 33.2 Å². The second-order valence-corrected chi connectivity index (χ2v) is 7.05. The fraction of sp³-hybridized carbons (Fsp3) is 0.611. The number of H-pyrrole nitrogens is 1. The molecule has 4 N–H and O–H groups in total. The molecular formula is C18H28N4O3. The molecular weight excluding hydrogens is 320 g/mol. The Kier molecular flexibility index (Phi) is 6.00. The van der Waals surface area contributed by atoms with Gasteiger partial charge in [-0.25, -0.2) is 0 Å². The first kappa shape index (κ1) is 19.2. The van der Waals surface area contributed by atoms with Gasteiger partial charge in [0.1, 0.15) is 5.56 Å². The molecule has 7 nitrogen and oxygen atoms in total. The fourth-order valence-electron chi connectivity index (χ4n) is 3.44. The number of aromatic nitrogens is 1. The molecule has 2 atom stereocenters. The third-order valence-corrected chi connectivity index (χ3v) is 4.90. The molecule has 1 fully saturated rings. The van der Waals surface area contributed by atoms with Gasteiger partial charge in [0.15, 0.2) is 0 Å². The fourth-order valence-corrected chi connectivity index (χ4v) is 3.44. The van der Waals surface area contributed by atoms with Crippen LogP contribution in [0, 0.1) is 19.8 Å². The maximum absolute atomic E-state index is 12.5. The Morgan fingerprint density at radius 3 is 2.40 bits per heavy atom. The molecule has 0 bridgehead atoms. The molecule has 1 aromatic heterocycles. The smallest absolute Gasteiger partial charge is 0.261 e. The van der Waals surface area contributed by atoms with E-state index in [0.717, 1.165) is 18.5 Å². The maximum atomic E-state index is 12.5. The number of nitrogens with zero attached hydrogens (tertiary/aromatic N) is 1. The summed E-state index contributed by atoms with van der Waals surface area (Å²) in [7, 11) is 0. The number of aryl methyl sites for hydroxylation is 2. The summed E-state index contributed by atoms with van der Waals surface area (Å²) in [5.41, 5.74) is 6.86. The molecule has 2 heterocycles. The average molecular weight is 348 g/mol. The number of likely N-dealkylation sites (tertiary alicyclic amines) is 1. The summed E-state index contributed by atoms with van der Waals surface area (Å²) < 4.78 is 0. The maximum Gasteiger partial charge on any atom is 0.261 e. The van der Waals surface area contributed by atoms with E-state index in [1.54, 1.807) is 31.7 Å². The molecule has 0 aliphatic carbocycles. The lowest BCUT2D eigenvalue weighted by atomic mass is 9.90. The Morgan fingerprint density at radius 1 is 1.28 bits per heavy atom. The zero-order chi connectivity index (χ0) is 18.7. The number of piperidine rings is 1. The number of rotatable bonds is 4. The van der Waals surface area contributed by atoms with Crippen LogP contribution in [0.15, 0.2) is 10.9 Å². The summed E-state index contributed by atoms with van der Waals surface area (Å²) in [6.07, 6.45) is 1.62. The lowest BCUT2D eigenvalue weighted by Crippen LogP contribution is -2.49. The van der Waals surface area contributed by atoms with E-state index < -0.39 is 6.04 Å². The average Bonchev–Trinajstić information content (AvgIpc) is 2.53. The number of carbonyl (C=O) groups is 2. The standard InChI is InChI=1S/C18H28N4O3/c1-10-9-11(2)20-16(23)15(10)17(24)21-13(4)14-5-7-22(8-6-14)18(25)12(3)19/h9,12-14H,5-8,19H2,1-4H3,(H,20,23)(H,21,24). The molecule has 7 heteroatoms. The van der Waals surface area contributed by atoms with Gasteiger partial charge >= 0.3 is 0 Å². The van der Waals surface area contributed by atoms with Gasteiger partial charge in [0.05, 0.1) is 6.04 Å². The lowest BCUT2D eigenvalue weighted by Gasteiger charge is -2.35. The SMILES string of the molecule is Cc1cc(C)c(C(=O)NC(C)C2CCN(C(=O)C(C)N)CC2)c(=O)[nH]1. The number of pyridine rings is 1. The summed E-state index contributed by atoms with van der Waals surface area (Å²) in [4.78, 5) is 41.0. The number of amides is 2. The third-order valence-electron chi connectivity index (χ3n) is 4.90.